The highest BCUT2D eigenvalue weighted by Crippen LogP contribution is 2.37. The fourth-order valence-corrected chi connectivity index (χ4v) is 5.22. The van der Waals surface area contributed by atoms with Crippen LogP contribution >= 0.6 is 22.7 Å². The molecule has 0 aliphatic carbocycles. The van der Waals surface area contributed by atoms with Gasteiger partial charge in [0.2, 0.25) is 5.78 Å². The van der Waals surface area contributed by atoms with Gasteiger partial charge < -0.3 is 15.4 Å². The number of carbonyl (C=O) groups excluding carboxylic acids is 3. The van der Waals surface area contributed by atoms with Crippen LogP contribution in [0.3, 0.4) is 0 Å². The van der Waals surface area contributed by atoms with Crippen molar-refractivity contribution in [2.75, 3.05) is 11.9 Å². The van der Waals surface area contributed by atoms with E-state index in [2.05, 4.69) is 10.6 Å². The Hall–Kier alpha value is -3.75. The summed E-state index contributed by atoms with van der Waals surface area (Å²) < 4.78 is 5.35. The lowest BCUT2D eigenvalue weighted by molar-refractivity contribution is 0.0528. The largest absolute Gasteiger partial charge is 0.462 e. The van der Waals surface area contributed by atoms with Crippen LogP contribution in [-0.4, -0.2) is 30.4 Å². The van der Waals surface area contributed by atoms with Crippen LogP contribution in [0.15, 0.2) is 71.4 Å². The fourth-order valence-electron chi connectivity index (χ4n) is 3.61. The molecule has 0 unspecified atom stereocenters. The number of ether oxygens (including phenoxy) is 1. The molecule has 4 rings (SSSR count). The number of benzene rings is 2. The normalized spacial score (nSPS) is 11.5. The van der Waals surface area contributed by atoms with Crippen molar-refractivity contribution in [2.24, 2.45) is 0 Å². The van der Waals surface area contributed by atoms with Crippen LogP contribution in [0.2, 0.25) is 0 Å². The monoisotopic (exact) mass is 518 g/mol. The molecule has 2 aromatic carbocycles. The predicted molar refractivity (Wildman–Crippen MR) is 145 cm³/mol. The van der Waals surface area contributed by atoms with Crippen molar-refractivity contribution in [3.05, 3.63) is 98.6 Å². The molecule has 0 saturated heterocycles. The molecular formula is C28H26N2O4S2. The summed E-state index contributed by atoms with van der Waals surface area (Å²) >= 11 is 2.57. The van der Waals surface area contributed by atoms with Crippen molar-refractivity contribution in [3.63, 3.8) is 0 Å². The second-order valence-corrected chi connectivity index (χ2v) is 10.0. The van der Waals surface area contributed by atoms with E-state index in [1.807, 2.05) is 55.6 Å². The third-order valence-electron chi connectivity index (χ3n) is 5.53. The van der Waals surface area contributed by atoms with Gasteiger partial charge in [-0.1, -0.05) is 65.7 Å². The van der Waals surface area contributed by atoms with E-state index in [0.29, 0.717) is 26.6 Å². The van der Waals surface area contributed by atoms with Crippen LogP contribution in [0.1, 0.15) is 48.4 Å². The lowest BCUT2D eigenvalue weighted by Crippen LogP contribution is -2.46. The molecule has 0 spiro atoms. The quantitative estimate of drug-likeness (QED) is 0.154. The average molecular weight is 519 g/mol. The van der Waals surface area contributed by atoms with E-state index >= 15 is 0 Å². The van der Waals surface area contributed by atoms with Crippen molar-refractivity contribution in [2.45, 2.75) is 26.9 Å². The zero-order chi connectivity index (χ0) is 25.7. The molecule has 6 nitrogen and oxygen atoms in total. The number of rotatable bonds is 9. The second kappa shape index (κ2) is 11.3. The number of Topliss-reactive ketones (excluding diaryl/α,β-unsaturated/α-hetero) is 1. The summed E-state index contributed by atoms with van der Waals surface area (Å²) in [4.78, 5) is 39.9. The number of hydrogen-bond acceptors (Lipinski definition) is 7. The zero-order valence-electron chi connectivity index (χ0n) is 20.2. The summed E-state index contributed by atoms with van der Waals surface area (Å²) in [6, 6.07) is 18.4. The first-order chi connectivity index (χ1) is 17.4. The predicted octanol–water partition coefficient (Wildman–Crippen LogP) is 6.32. The Morgan fingerprint density at radius 2 is 1.58 bits per heavy atom. The molecule has 0 fully saturated rings. The lowest BCUT2D eigenvalue weighted by atomic mass is 10.0. The highest BCUT2D eigenvalue weighted by molar-refractivity contribution is 7.15. The van der Waals surface area contributed by atoms with Gasteiger partial charge in [0.05, 0.1) is 11.5 Å². The number of thiophene rings is 2. The van der Waals surface area contributed by atoms with Crippen LogP contribution in [0.25, 0.3) is 11.1 Å². The van der Waals surface area contributed by atoms with E-state index in [1.165, 1.54) is 22.7 Å². The molecule has 2 heterocycles. The van der Waals surface area contributed by atoms with Crippen molar-refractivity contribution in [1.82, 2.24) is 5.32 Å². The fraction of sp³-hybridized carbons (Fsp3) is 0.179. The summed E-state index contributed by atoms with van der Waals surface area (Å²) in [6.45, 7) is 5.89. The summed E-state index contributed by atoms with van der Waals surface area (Å²) in [5.74, 6) is -1.20. The van der Waals surface area contributed by atoms with Gasteiger partial charge >= 0.3 is 5.97 Å². The van der Waals surface area contributed by atoms with Crippen LogP contribution in [-0.2, 0) is 4.74 Å². The Morgan fingerprint density at radius 3 is 2.19 bits per heavy atom. The number of hydrogen-bond donors (Lipinski definition) is 2. The molecular weight excluding hydrogens is 492 g/mol. The molecule has 2 aromatic heterocycles. The van der Waals surface area contributed by atoms with E-state index in [9.17, 15) is 14.4 Å². The Kier molecular flexibility index (Phi) is 7.97. The SMILES string of the molecule is CCOC(=O)c1c(-c2ccc(C)cc2)csc1N[C@H](NC(=O)c1cccs1)C(=O)c1ccc(C)cc1. The van der Waals surface area contributed by atoms with Gasteiger partial charge in [0.15, 0.2) is 6.17 Å². The van der Waals surface area contributed by atoms with Crippen LogP contribution in [0.4, 0.5) is 5.00 Å². The number of ketones is 1. The van der Waals surface area contributed by atoms with Crippen LogP contribution in [0, 0.1) is 13.8 Å². The maximum absolute atomic E-state index is 13.5. The third kappa shape index (κ3) is 5.72. The molecule has 0 bridgehead atoms. The molecule has 8 heteroatoms. The van der Waals surface area contributed by atoms with Gasteiger partial charge in [-0.25, -0.2) is 4.79 Å². The summed E-state index contributed by atoms with van der Waals surface area (Å²) in [5, 5.41) is 10.0. The van der Waals surface area contributed by atoms with Crippen molar-refractivity contribution in [3.8, 4) is 11.1 Å². The number of esters is 1. The van der Waals surface area contributed by atoms with E-state index < -0.39 is 12.1 Å². The first-order valence-corrected chi connectivity index (χ1v) is 13.2. The minimum absolute atomic E-state index is 0.211. The van der Waals surface area contributed by atoms with Gasteiger partial charge in [-0.05, 0) is 37.8 Å². The number of nitrogens with one attached hydrogen (secondary N) is 2. The highest BCUT2D eigenvalue weighted by Gasteiger charge is 2.28. The van der Waals surface area contributed by atoms with Crippen LogP contribution in [0.5, 0.6) is 0 Å². The van der Waals surface area contributed by atoms with E-state index in [4.69, 9.17) is 4.74 Å². The smallest absolute Gasteiger partial charge is 0.341 e. The van der Waals surface area contributed by atoms with Gasteiger partial charge in [0.1, 0.15) is 10.6 Å². The van der Waals surface area contributed by atoms with E-state index in [0.717, 1.165) is 16.7 Å². The zero-order valence-corrected chi connectivity index (χ0v) is 21.8. The maximum Gasteiger partial charge on any atom is 0.341 e. The minimum Gasteiger partial charge on any atom is -0.462 e. The molecule has 0 aliphatic heterocycles. The Balaban J connectivity index is 1.72. The molecule has 0 radical (unpaired) electrons. The van der Waals surface area contributed by atoms with Gasteiger partial charge in [-0.15, -0.1) is 22.7 Å². The van der Waals surface area contributed by atoms with Gasteiger partial charge in [-0.2, -0.15) is 0 Å². The summed E-state index contributed by atoms with van der Waals surface area (Å²) in [6.07, 6.45) is -1.10. The average Bonchev–Trinajstić information content (AvgIpc) is 3.55. The molecule has 36 heavy (non-hydrogen) atoms. The Bertz CT molecular complexity index is 1360. The first kappa shape index (κ1) is 25.3. The molecule has 2 N–H and O–H groups in total. The molecule has 0 aliphatic rings. The number of amides is 1. The molecule has 1 atom stereocenters. The first-order valence-electron chi connectivity index (χ1n) is 11.4. The summed E-state index contributed by atoms with van der Waals surface area (Å²) in [7, 11) is 0. The molecule has 1 amide bonds. The number of anilines is 1. The number of aryl methyl sites for hydroxylation is 2. The third-order valence-corrected chi connectivity index (χ3v) is 7.31. The van der Waals surface area contributed by atoms with E-state index in [1.54, 1.807) is 36.6 Å². The van der Waals surface area contributed by atoms with E-state index in [-0.39, 0.29) is 18.3 Å². The van der Waals surface area contributed by atoms with Crippen LogP contribution < -0.4 is 10.6 Å². The maximum atomic E-state index is 13.5. The van der Waals surface area contributed by atoms with Gasteiger partial charge in [0.25, 0.3) is 5.91 Å². The van der Waals surface area contributed by atoms with Crippen molar-refractivity contribution < 1.29 is 19.1 Å². The highest BCUT2D eigenvalue weighted by atomic mass is 32.1. The Morgan fingerprint density at radius 1 is 0.917 bits per heavy atom. The standard InChI is InChI=1S/C28H26N2O4S2/c1-4-34-28(33)23-21(19-11-7-17(2)8-12-19)16-36-27(23)30-25(29-26(32)22-6-5-15-35-22)24(31)20-13-9-18(3)10-14-20/h5-16,25,30H,4H2,1-3H3,(H,29,32)/t25-/m0/s1. The lowest BCUT2D eigenvalue weighted by Gasteiger charge is -2.20. The number of carbonyl (C=O) groups is 3. The second-order valence-electron chi connectivity index (χ2n) is 8.20. The van der Waals surface area contributed by atoms with Gasteiger partial charge in [-0.3, -0.25) is 9.59 Å². The Labute approximate surface area is 218 Å². The van der Waals surface area contributed by atoms with Gasteiger partial charge in [0, 0.05) is 16.5 Å². The molecule has 184 valence electrons. The molecule has 4 aromatic rings. The molecule has 0 saturated carbocycles. The van der Waals surface area contributed by atoms with Crippen molar-refractivity contribution in [1.29, 1.82) is 0 Å². The summed E-state index contributed by atoms with van der Waals surface area (Å²) in [5.41, 5.74) is 4.45. The topological polar surface area (TPSA) is 84.5 Å². The minimum atomic E-state index is -1.10. The van der Waals surface area contributed by atoms with Crippen molar-refractivity contribution >= 4 is 45.3 Å².